The van der Waals surface area contributed by atoms with Gasteiger partial charge in [0.15, 0.2) is 9.84 Å². The van der Waals surface area contributed by atoms with E-state index < -0.39 is 9.84 Å². The molecule has 0 saturated heterocycles. The molecule has 1 fully saturated rings. The topological polar surface area (TPSA) is 46.2 Å². The molecule has 0 spiro atoms. The van der Waals surface area contributed by atoms with Crippen molar-refractivity contribution in [1.82, 2.24) is 5.32 Å². The summed E-state index contributed by atoms with van der Waals surface area (Å²) < 4.78 is 24.3. The molecule has 0 heterocycles. The van der Waals surface area contributed by atoms with Gasteiger partial charge >= 0.3 is 0 Å². The Kier molecular flexibility index (Phi) is 4.59. The molecular formula is C11H23NO2S. The minimum atomic E-state index is -2.88. The van der Waals surface area contributed by atoms with E-state index in [0.29, 0.717) is 0 Å². The van der Waals surface area contributed by atoms with E-state index in [4.69, 9.17) is 0 Å². The van der Waals surface area contributed by atoms with Crippen LogP contribution >= 0.6 is 0 Å². The Labute approximate surface area is 93.6 Å². The van der Waals surface area contributed by atoms with Crippen LogP contribution in [0.25, 0.3) is 0 Å². The molecule has 2 atom stereocenters. The van der Waals surface area contributed by atoms with Gasteiger partial charge in [0.1, 0.15) is 0 Å². The Morgan fingerprint density at radius 3 is 2.27 bits per heavy atom. The van der Waals surface area contributed by atoms with Crippen molar-refractivity contribution in [2.24, 2.45) is 0 Å². The van der Waals surface area contributed by atoms with Gasteiger partial charge in [-0.2, -0.15) is 0 Å². The van der Waals surface area contributed by atoms with Crippen LogP contribution in [0.15, 0.2) is 0 Å². The SMILES string of the molecule is CNC(C)CC(C)S(=O)(=O)C1CCCC1. The highest BCUT2D eigenvalue weighted by atomic mass is 32.2. The van der Waals surface area contributed by atoms with Crippen molar-refractivity contribution in [1.29, 1.82) is 0 Å². The molecule has 0 aliphatic heterocycles. The first kappa shape index (κ1) is 13.0. The largest absolute Gasteiger partial charge is 0.317 e. The number of nitrogens with one attached hydrogen (secondary N) is 1. The van der Waals surface area contributed by atoms with E-state index in [2.05, 4.69) is 5.32 Å². The van der Waals surface area contributed by atoms with Gasteiger partial charge in [-0.15, -0.1) is 0 Å². The van der Waals surface area contributed by atoms with Crippen molar-refractivity contribution in [2.45, 2.75) is 62.5 Å². The zero-order chi connectivity index (χ0) is 11.5. The summed E-state index contributed by atoms with van der Waals surface area (Å²) in [6.07, 6.45) is 4.63. The summed E-state index contributed by atoms with van der Waals surface area (Å²) in [6.45, 7) is 3.88. The Morgan fingerprint density at radius 1 is 1.27 bits per heavy atom. The highest BCUT2D eigenvalue weighted by Gasteiger charge is 2.33. The van der Waals surface area contributed by atoms with Crippen LogP contribution in [0.4, 0.5) is 0 Å². The summed E-state index contributed by atoms with van der Waals surface area (Å²) in [5.41, 5.74) is 0. The minimum absolute atomic E-state index is 0.0587. The summed E-state index contributed by atoms with van der Waals surface area (Å²) in [6, 6.07) is 0.274. The first-order chi connectivity index (χ1) is 6.98. The molecule has 90 valence electrons. The molecule has 0 aromatic heterocycles. The van der Waals surface area contributed by atoms with E-state index >= 15 is 0 Å². The van der Waals surface area contributed by atoms with Crippen LogP contribution in [0.1, 0.15) is 46.0 Å². The molecule has 1 aliphatic carbocycles. The summed E-state index contributed by atoms with van der Waals surface area (Å²) in [7, 11) is -1.01. The van der Waals surface area contributed by atoms with Crippen LogP contribution in [0.3, 0.4) is 0 Å². The lowest BCUT2D eigenvalue weighted by Crippen LogP contribution is -2.34. The van der Waals surface area contributed by atoms with E-state index in [1.54, 1.807) is 0 Å². The average Bonchev–Trinajstić information content (AvgIpc) is 2.70. The van der Waals surface area contributed by atoms with Crippen LogP contribution in [0.5, 0.6) is 0 Å². The van der Waals surface area contributed by atoms with Gasteiger partial charge in [0.05, 0.1) is 10.5 Å². The second kappa shape index (κ2) is 5.30. The molecular weight excluding hydrogens is 210 g/mol. The maximum absolute atomic E-state index is 12.2. The van der Waals surface area contributed by atoms with Crippen molar-refractivity contribution in [3.05, 3.63) is 0 Å². The lowest BCUT2D eigenvalue weighted by atomic mass is 10.2. The molecule has 1 rings (SSSR count). The smallest absolute Gasteiger partial charge is 0.155 e. The molecule has 0 aromatic rings. The van der Waals surface area contributed by atoms with E-state index in [1.165, 1.54) is 0 Å². The zero-order valence-corrected chi connectivity index (χ0v) is 10.8. The Morgan fingerprint density at radius 2 is 1.80 bits per heavy atom. The minimum Gasteiger partial charge on any atom is -0.317 e. The van der Waals surface area contributed by atoms with Crippen LogP contribution in [0.2, 0.25) is 0 Å². The van der Waals surface area contributed by atoms with Gasteiger partial charge in [-0.25, -0.2) is 8.42 Å². The third kappa shape index (κ3) is 3.18. The van der Waals surface area contributed by atoms with Gasteiger partial charge in [-0.3, -0.25) is 0 Å². The Hall–Kier alpha value is -0.0900. The lowest BCUT2D eigenvalue weighted by molar-refractivity contribution is 0.522. The predicted molar refractivity (Wildman–Crippen MR) is 63.8 cm³/mol. The van der Waals surface area contributed by atoms with Crippen molar-refractivity contribution < 1.29 is 8.42 Å². The van der Waals surface area contributed by atoms with Gasteiger partial charge in [0, 0.05) is 6.04 Å². The van der Waals surface area contributed by atoms with Crippen LogP contribution < -0.4 is 5.32 Å². The highest BCUT2D eigenvalue weighted by Crippen LogP contribution is 2.28. The zero-order valence-electron chi connectivity index (χ0n) is 9.99. The van der Waals surface area contributed by atoms with Crippen LogP contribution in [-0.2, 0) is 9.84 Å². The van der Waals surface area contributed by atoms with E-state index in [0.717, 1.165) is 32.1 Å². The molecule has 0 amide bonds. The second-order valence-corrected chi connectivity index (χ2v) is 7.38. The van der Waals surface area contributed by atoms with Crippen LogP contribution in [-0.4, -0.2) is 32.0 Å². The summed E-state index contributed by atoms with van der Waals surface area (Å²) in [4.78, 5) is 0. The summed E-state index contributed by atoms with van der Waals surface area (Å²) >= 11 is 0. The first-order valence-electron chi connectivity index (χ1n) is 5.88. The number of hydrogen-bond donors (Lipinski definition) is 1. The van der Waals surface area contributed by atoms with Gasteiger partial charge in [0.25, 0.3) is 0 Å². The fourth-order valence-electron chi connectivity index (χ4n) is 2.30. The summed E-state index contributed by atoms with van der Waals surface area (Å²) in [5.74, 6) is 0. The fraction of sp³-hybridized carbons (Fsp3) is 1.00. The fourth-order valence-corrected chi connectivity index (χ4v) is 4.50. The molecule has 4 heteroatoms. The van der Waals surface area contributed by atoms with Crippen molar-refractivity contribution in [3.8, 4) is 0 Å². The number of rotatable bonds is 5. The van der Waals surface area contributed by atoms with Crippen molar-refractivity contribution in [2.75, 3.05) is 7.05 Å². The number of sulfone groups is 1. The maximum Gasteiger partial charge on any atom is 0.155 e. The highest BCUT2D eigenvalue weighted by molar-refractivity contribution is 7.92. The molecule has 0 bridgehead atoms. The number of hydrogen-bond acceptors (Lipinski definition) is 3. The lowest BCUT2D eigenvalue weighted by Gasteiger charge is -2.20. The molecule has 0 radical (unpaired) electrons. The monoisotopic (exact) mass is 233 g/mol. The van der Waals surface area contributed by atoms with Gasteiger partial charge in [0.2, 0.25) is 0 Å². The standard InChI is InChI=1S/C11H23NO2S/c1-9(12-3)8-10(2)15(13,14)11-6-4-5-7-11/h9-12H,4-8H2,1-3H3. The molecule has 1 saturated carbocycles. The van der Waals surface area contributed by atoms with Crippen molar-refractivity contribution in [3.63, 3.8) is 0 Å². The normalized spacial score (nSPS) is 22.9. The molecule has 2 unspecified atom stereocenters. The molecule has 15 heavy (non-hydrogen) atoms. The molecule has 1 N–H and O–H groups in total. The molecule has 1 aliphatic rings. The van der Waals surface area contributed by atoms with Crippen LogP contribution in [0, 0.1) is 0 Å². The third-order valence-corrected chi connectivity index (χ3v) is 6.22. The quantitative estimate of drug-likeness (QED) is 0.786. The Balaban J connectivity index is 2.60. The third-order valence-electron chi connectivity index (χ3n) is 3.51. The van der Waals surface area contributed by atoms with Crippen molar-refractivity contribution >= 4 is 9.84 Å². The summed E-state index contributed by atoms with van der Waals surface area (Å²) in [5, 5.41) is 2.83. The van der Waals surface area contributed by atoms with E-state index in [-0.39, 0.29) is 16.5 Å². The first-order valence-corrected chi connectivity index (χ1v) is 7.49. The predicted octanol–water partition coefficient (Wildman–Crippen LogP) is 1.73. The van der Waals surface area contributed by atoms with Gasteiger partial charge in [-0.1, -0.05) is 12.8 Å². The van der Waals surface area contributed by atoms with Gasteiger partial charge in [-0.05, 0) is 40.2 Å². The molecule has 0 aromatic carbocycles. The second-order valence-electron chi connectivity index (χ2n) is 4.73. The van der Waals surface area contributed by atoms with E-state index in [1.807, 2.05) is 20.9 Å². The molecule has 3 nitrogen and oxygen atoms in total. The maximum atomic E-state index is 12.2. The van der Waals surface area contributed by atoms with Gasteiger partial charge < -0.3 is 5.32 Å². The Bertz CT molecular complexity index is 281. The van der Waals surface area contributed by atoms with E-state index in [9.17, 15) is 8.42 Å². The average molecular weight is 233 g/mol.